The molecular weight excluding hydrogens is 451 g/mol. The molecule has 1 amide bonds. The van der Waals surface area contributed by atoms with E-state index in [4.69, 9.17) is 11.6 Å². The molecule has 3 aromatic rings. The van der Waals surface area contributed by atoms with E-state index >= 15 is 0 Å². The standard InChI is InChI=1S/C20H19ClN4OS.2ClH/c21-17-6-2-1-5-16(17)20-24-15(13-27-20)10-19(26)25-9-8-23-12-18(25)14-4-3-7-22-11-14;;/h1-7,11,13,18,23H,8-10,12H2;2*1H. The van der Waals surface area contributed by atoms with E-state index in [1.54, 1.807) is 6.20 Å². The van der Waals surface area contributed by atoms with Gasteiger partial charge in [-0.3, -0.25) is 9.78 Å². The van der Waals surface area contributed by atoms with E-state index in [2.05, 4.69) is 15.3 Å². The van der Waals surface area contributed by atoms with Crippen LogP contribution >= 0.6 is 47.8 Å². The van der Waals surface area contributed by atoms with Gasteiger partial charge < -0.3 is 10.2 Å². The minimum atomic E-state index is 0. The van der Waals surface area contributed by atoms with E-state index in [0.29, 0.717) is 11.6 Å². The van der Waals surface area contributed by atoms with Crippen molar-refractivity contribution in [3.8, 4) is 10.6 Å². The fourth-order valence-corrected chi connectivity index (χ4v) is 4.42. The van der Waals surface area contributed by atoms with Gasteiger partial charge in [0.1, 0.15) is 5.01 Å². The van der Waals surface area contributed by atoms with Crippen molar-refractivity contribution in [1.29, 1.82) is 0 Å². The Labute approximate surface area is 191 Å². The van der Waals surface area contributed by atoms with Crippen LogP contribution in [0.3, 0.4) is 0 Å². The molecule has 0 saturated carbocycles. The summed E-state index contributed by atoms with van der Waals surface area (Å²) in [5.41, 5.74) is 2.73. The first-order valence-corrected chi connectivity index (χ1v) is 10.1. The average molecular weight is 472 g/mol. The molecule has 0 bridgehead atoms. The molecule has 5 nitrogen and oxygen atoms in total. The lowest BCUT2D eigenvalue weighted by molar-refractivity contribution is -0.133. The molecule has 1 aliphatic rings. The summed E-state index contributed by atoms with van der Waals surface area (Å²) in [6.45, 7) is 2.21. The predicted molar refractivity (Wildman–Crippen MR) is 122 cm³/mol. The average Bonchev–Trinajstić information content (AvgIpc) is 3.17. The maximum Gasteiger partial charge on any atom is 0.229 e. The monoisotopic (exact) mass is 470 g/mol. The molecule has 9 heteroatoms. The van der Waals surface area contributed by atoms with Gasteiger partial charge in [0.25, 0.3) is 0 Å². The van der Waals surface area contributed by atoms with E-state index in [-0.39, 0.29) is 43.2 Å². The number of benzene rings is 1. The Morgan fingerprint density at radius 3 is 2.83 bits per heavy atom. The minimum absolute atomic E-state index is 0. The van der Waals surface area contributed by atoms with Gasteiger partial charge in [-0.1, -0.05) is 35.9 Å². The van der Waals surface area contributed by atoms with Gasteiger partial charge in [0.15, 0.2) is 0 Å². The quantitative estimate of drug-likeness (QED) is 0.612. The lowest BCUT2D eigenvalue weighted by Crippen LogP contribution is -2.49. The summed E-state index contributed by atoms with van der Waals surface area (Å²) in [6, 6.07) is 11.6. The van der Waals surface area contributed by atoms with Crippen molar-refractivity contribution in [3.05, 3.63) is 70.5 Å². The highest BCUT2D eigenvalue weighted by atomic mass is 35.5. The Bertz CT molecular complexity index is 938. The van der Waals surface area contributed by atoms with Crippen LogP contribution in [-0.2, 0) is 11.2 Å². The molecule has 1 N–H and O–H groups in total. The zero-order valence-electron chi connectivity index (χ0n) is 15.5. The van der Waals surface area contributed by atoms with Crippen LogP contribution in [0.5, 0.6) is 0 Å². The first-order chi connectivity index (χ1) is 13.2. The van der Waals surface area contributed by atoms with Crippen molar-refractivity contribution < 1.29 is 4.79 Å². The van der Waals surface area contributed by atoms with Crippen LogP contribution in [0.15, 0.2) is 54.2 Å². The topological polar surface area (TPSA) is 58.1 Å². The number of amides is 1. The van der Waals surface area contributed by atoms with Crippen LogP contribution in [0.25, 0.3) is 10.6 Å². The fraction of sp³-hybridized carbons (Fsp3) is 0.250. The molecule has 1 saturated heterocycles. The van der Waals surface area contributed by atoms with Crippen molar-refractivity contribution in [2.45, 2.75) is 12.5 Å². The van der Waals surface area contributed by atoms with E-state index < -0.39 is 0 Å². The Balaban J connectivity index is 0.00000150. The summed E-state index contributed by atoms with van der Waals surface area (Å²) in [7, 11) is 0. The van der Waals surface area contributed by atoms with E-state index in [1.807, 2.05) is 52.9 Å². The molecular formula is C20H21Cl3N4OS. The van der Waals surface area contributed by atoms with Crippen molar-refractivity contribution in [1.82, 2.24) is 20.2 Å². The molecule has 1 aliphatic heterocycles. The molecule has 0 spiro atoms. The van der Waals surface area contributed by atoms with Crippen LogP contribution in [-0.4, -0.2) is 40.4 Å². The number of hydrogen-bond acceptors (Lipinski definition) is 5. The van der Waals surface area contributed by atoms with Crippen LogP contribution in [0.2, 0.25) is 5.02 Å². The Hall–Kier alpha value is -1.70. The number of hydrogen-bond donors (Lipinski definition) is 1. The predicted octanol–water partition coefficient (Wildman–Crippen LogP) is 4.42. The highest BCUT2D eigenvalue weighted by Gasteiger charge is 2.28. The third kappa shape index (κ3) is 5.47. The number of carbonyl (C=O) groups excluding carboxylic acids is 1. The number of piperazine rings is 1. The molecule has 4 rings (SSSR count). The number of nitrogens with zero attached hydrogens (tertiary/aromatic N) is 3. The number of carbonyl (C=O) groups is 1. The third-order valence-corrected chi connectivity index (χ3v) is 5.88. The zero-order chi connectivity index (χ0) is 18.6. The maximum absolute atomic E-state index is 13.0. The SMILES string of the molecule is Cl.Cl.O=C(Cc1csc(-c2ccccc2Cl)n1)N1CCNCC1c1cccnc1. The largest absolute Gasteiger partial charge is 0.333 e. The number of halogens is 3. The molecule has 1 unspecified atom stereocenters. The van der Waals surface area contributed by atoms with Crippen LogP contribution in [0.4, 0.5) is 0 Å². The number of pyridine rings is 1. The maximum atomic E-state index is 13.0. The summed E-state index contributed by atoms with van der Waals surface area (Å²) < 4.78 is 0. The second-order valence-electron chi connectivity index (χ2n) is 6.39. The molecule has 1 aromatic carbocycles. The van der Waals surface area contributed by atoms with Gasteiger partial charge in [0.2, 0.25) is 5.91 Å². The molecule has 0 aliphatic carbocycles. The first kappa shape index (κ1) is 23.6. The van der Waals surface area contributed by atoms with Crippen LogP contribution in [0, 0.1) is 0 Å². The normalized spacial score (nSPS) is 15.9. The van der Waals surface area contributed by atoms with Crippen LogP contribution in [0.1, 0.15) is 17.3 Å². The van der Waals surface area contributed by atoms with E-state index in [0.717, 1.165) is 34.9 Å². The molecule has 0 radical (unpaired) electrons. The summed E-state index contributed by atoms with van der Waals surface area (Å²) in [5.74, 6) is 0.0846. The lowest BCUT2D eigenvalue weighted by atomic mass is 10.0. The summed E-state index contributed by atoms with van der Waals surface area (Å²) in [4.78, 5) is 23.7. The minimum Gasteiger partial charge on any atom is -0.333 e. The highest BCUT2D eigenvalue weighted by Crippen LogP contribution is 2.30. The summed E-state index contributed by atoms with van der Waals surface area (Å²) in [5, 5.41) is 6.82. The number of thiazole rings is 1. The molecule has 29 heavy (non-hydrogen) atoms. The molecule has 2 aromatic heterocycles. The fourth-order valence-electron chi connectivity index (χ4n) is 3.28. The van der Waals surface area contributed by atoms with Gasteiger partial charge in [0.05, 0.1) is 23.2 Å². The van der Waals surface area contributed by atoms with E-state index in [1.165, 1.54) is 11.3 Å². The summed E-state index contributed by atoms with van der Waals surface area (Å²) in [6.07, 6.45) is 3.87. The number of nitrogens with one attached hydrogen (secondary N) is 1. The van der Waals surface area contributed by atoms with Gasteiger partial charge in [0, 0.05) is 43.0 Å². The van der Waals surface area contributed by atoms with Crippen LogP contribution < -0.4 is 5.32 Å². The van der Waals surface area contributed by atoms with Crippen molar-refractivity contribution >= 4 is 53.7 Å². The Morgan fingerprint density at radius 2 is 2.07 bits per heavy atom. The first-order valence-electron chi connectivity index (χ1n) is 8.82. The summed E-state index contributed by atoms with van der Waals surface area (Å²) >= 11 is 7.78. The Kier molecular flexibility index (Phi) is 8.86. The van der Waals surface area contributed by atoms with Gasteiger partial charge in [-0.25, -0.2) is 4.98 Å². The Morgan fingerprint density at radius 1 is 1.24 bits per heavy atom. The van der Waals surface area contributed by atoms with Crippen molar-refractivity contribution in [2.24, 2.45) is 0 Å². The molecule has 154 valence electrons. The smallest absolute Gasteiger partial charge is 0.229 e. The zero-order valence-corrected chi connectivity index (χ0v) is 18.7. The van der Waals surface area contributed by atoms with Gasteiger partial charge in [-0.15, -0.1) is 36.2 Å². The molecule has 1 fully saturated rings. The van der Waals surface area contributed by atoms with Gasteiger partial charge >= 0.3 is 0 Å². The highest BCUT2D eigenvalue weighted by molar-refractivity contribution is 7.13. The van der Waals surface area contributed by atoms with E-state index in [9.17, 15) is 4.79 Å². The molecule has 1 atom stereocenters. The molecule has 3 heterocycles. The number of rotatable bonds is 4. The van der Waals surface area contributed by atoms with Crippen molar-refractivity contribution in [2.75, 3.05) is 19.6 Å². The van der Waals surface area contributed by atoms with Crippen molar-refractivity contribution in [3.63, 3.8) is 0 Å². The van der Waals surface area contributed by atoms with Gasteiger partial charge in [-0.05, 0) is 17.7 Å². The second kappa shape index (κ2) is 10.9. The number of aromatic nitrogens is 2. The third-order valence-electron chi connectivity index (χ3n) is 4.62. The lowest BCUT2D eigenvalue weighted by Gasteiger charge is -2.36. The second-order valence-corrected chi connectivity index (χ2v) is 7.66. The van der Waals surface area contributed by atoms with Gasteiger partial charge in [-0.2, -0.15) is 0 Å².